The standard InChI is InChI=1S/C9H11BrN2O2/c1-3-7(13)5-12-6(2)11-4-8(10)9(12)14/h4H,3,5H2,1-2H3. The molecule has 0 N–H and O–H groups in total. The van der Waals surface area contributed by atoms with Crippen molar-refractivity contribution in [2.24, 2.45) is 0 Å². The van der Waals surface area contributed by atoms with Gasteiger partial charge in [-0.2, -0.15) is 0 Å². The minimum absolute atomic E-state index is 0.0232. The lowest BCUT2D eigenvalue weighted by molar-refractivity contribution is -0.119. The van der Waals surface area contributed by atoms with E-state index in [9.17, 15) is 9.59 Å². The van der Waals surface area contributed by atoms with Crippen molar-refractivity contribution in [3.63, 3.8) is 0 Å². The van der Waals surface area contributed by atoms with Gasteiger partial charge in [-0.05, 0) is 22.9 Å². The first-order valence-electron chi connectivity index (χ1n) is 4.30. The molecule has 76 valence electrons. The molecule has 5 heteroatoms. The first-order chi connectivity index (χ1) is 6.56. The molecule has 0 saturated heterocycles. The molecule has 0 bridgehead atoms. The van der Waals surface area contributed by atoms with Gasteiger partial charge in [0.25, 0.3) is 5.56 Å². The van der Waals surface area contributed by atoms with Gasteiger partial charge in [-0.15, -0.1) is 0 Å². The van der Waals surface area contributed by atoms with Crippen LogP contribution in [0.2, 0.25) is 0 Å². The minimum Gasteiger partial charge on any atom is -0.298 e. The summed E-state index contributed by atoms with van der Waals surface area (Å²) >= 11 is 3.08. The van der Waals surface area contributed by atoms with E-state index in [1.165, 1.54) is 10.8 Å². The number of carbonyl (C=O) groups excluding carboxylic acids is 1. The number of rotatable bonds is 3. The van der Waals surface area contributed by atoms with Crippen LogP contribution in [0, 0.1) is 6.92 Å². The fourth-order valence-electron chi connectivity index (χ4n) is 1.03. The lowest BCUT2D eigenvalue weighted by Crippen LogP contribution is -2.27. The molecule has 1 aromatic heterocycles. The molecule has 0 aliphatic carbocycles. The SMILES string of the molecule is CCC(=O)Cn1c(C)ncc(Br)c1=O. The van der Waals surface area contributed by atoms with Crippen LogP contribution in [0.1, 0.15) is 19.2 Å². The number of hydrogen-bond acceptors (Lipinski definition) is 3. The molecule has 0 saturated carbocycles. The van der Waals surface area contributed by atoms with Gasteiger partial charge >= 0.3 is 0 Å². The summed E-state index contributed by atoms with van der Waals surface area (Å²) in [5, 5.41) is 0. The first-order valence-corrected chi connectivity index (χ1v) is 5.09. The Morgan fingerprint density at radius 1 is 1.64 bits per heavy atom. The number of aryl methyl sites for hydroxylation is 1. The number of Topliss-reactive ketones (excluding diaryl/α,β-unsaturated/α-hetero) is 1. The Bertz CT molecular complexity index is 412. The quantitative estimate of drug-likeness (QED) is 0.821. The van der Waals surface area contributed by atoms with Crippen molar-refractivity contribution in [2.75, 3.05) is 0 Å². The normalized spacial score (nSPS) is 10.2. The topological polar surface area (TPSA) is 52.0 Å². The van der Waals surface area contributed by atoms with Crippen molar-refractivity contribution < 1.29 is 4.79 Å². The van der Waals surface area contributed by atoms with E-state index in [-0.39, 0.29) is 17.9 Å². The summed E-state index contributed by atoms with van der Waals surface area (Å²) in [5.41, 5.74) is -0.209. The molecule has 0 atom stereocenters. The summed E-state index contributed by atoms with van der Waals surface area (Å²) in [5.74, 6) is 0.579. The molecule has 0 aromatic carbocycles. The number of carbonyl (C=O) groups is 1. The van der Waals surface area contributed by atoms with Crippen LogP contribution >= 0.6 is 15.9 Å². The maximum absolute atomic E-state index is 11.6. The van der Waals surface area contributed by atoms with Crippen molar-refractivity contribution in [1.82, 2.24) is 9.55 Å². The number of halogens is 1. The number of hydrogen-bond donors (Lipinski definition) is 0. The molecule has 4 nitrogen and oxygen atoms in total. The van der Waals surface area contributed by atoms with E-state index >= 15 is 0 Å². The Kier molecular flexibility index (Phi) is 3.57. The number of ketones is 1. The van der Waals surface area contributed by atoms with E-state index in [0.717, 1.165) is 0 Å². The van der Waals surface area contributed by atoms with Crippen LogP contribution in [-0.2, 0) is 11.3 Å². The zero-order valence-corrected chi connectivity index (χ0v) is 9.67. The summed E-state index contributed by atoms with van der Waals surface area (Å²) in [6.07, 6.45) is 1.88. The Balaban J connectivity index is 3.13. The van der Waals surface area contributed by atoms with Gasteiger partial charge in [0, 0.05) is 12.6 Å². The second kappa shape index (κ2) is 4.50. The molecule has 0 amide bonds. The summed E-state index contributed by atoms with van der Waals surface area (Å²) < 4.78 is 1.75. The van der Waals surface area contributed by atoms with Crippen LogP contribution in [0.4, 0.5) is 0 Å². The highest BCUT2D eigenvalue weighted by atomic mass is 79.9. The predicted molar refractivity (Wildman–Crippen MR) is 56.2 cm³/mol. The Morgan fingerprint density at radius 2 is 2.29 bits per heavy atom. The second-order valence-corrected chi connectivity index (χ2v) is 3.79. The monoisotopic (exact) mass is 258 g/mol. The lowest BCUT2D eigenvalue weighted by Gasteiger charge is -2.07. The van der Waals surface area contributed by atoms with Crippen molar-refractivity contribution >= 4 is 21.7 Å². The smallest absolute Gasteiger partial charge is 0.268 e. The molecule has 0 aliphatic heterocycles. The maximum atomic E-state index is 11.6. The molecule has 0 aliphatic rings. The average Bonchev–Trinajstić information content (AvgIpc) is 2.18. The van der Waals surface area contributed by atoms with E-state index < -0.39 is 0 Å². The van der Waals surface area contributed by atoms with Gasteiger partial charge in [-0.1, -0.05) is 6.92 Å². The summed E-state index contributed by atoms with van der Waals surface area (Å²) in [6.45, 7) is 3.58. The molecular weight excluding hydrogens is 248 g/mol. The zero-order valence-electron chi connectivity index (χ0n) is 8.08. The van der Waals surface area contributed by atoms with Crippen LogP contribution in [0.3, 0.4) is 0 Å². The third-order valence-corrected chi connectivity index (χ3v) is 2.48. The van der Waals surface area contributed by atoms with Crippen LogP contribution in [0.5, 0.6) is 0 Å². The fourth-order valence-corrected chi connectivity index (χ4v) is 1.34. The van der Waals surface area contributed by atoms with Gasteiger partial charge in [0.05, 0.1) is 6.54 Å². The molecule has 1 rings (SSSR count). The van der Waals surface area contributed by atoms with Gasteiger partial charge in [0.1, 0.15) is 10.3 Å². The van der Waals surface area contributed by atoms with Crippen molar-refractivity contribution in [3.05, 3.63) is 26.8 Å². The van der Waals surface area contributed by atoms with Gasteiger partial charge in [0.15, 0.2) is 5.78 Å². The minimum atomic E-state index is -0.209. The van der Waals surface area contributed by atoms with Gasteiger partial charge in [0.2, 0.25) is 0 Å². The lowest BCUT2D eigenvalue weighted by atomic mass is 10.3. The van der Waals surface area contributed by atoms with Crippen LogP contribution in [0.15, 0.2) is 15.5 Å². The highest BCUT2D eigenvalue weighted by Crippen LogP contribution is 2.01. The van der Waals surface area contributed by atoms with Gasteiger partial charge in [-0.3, -0.25) is 14.2 Å². The Labute approximate surface area is 90.1 Å². The number of nitrogens with zero attached hydrogens (tertiary/aromatic N) is 2. The first kappa shape index (κ1) is 11.1. The Morgan fingerprint density at radius 3 is 2.86 bits per heavy atom. The molecular formula is C9H11BrN2O2. The average molecular weight is 259 g/mol. The highest BCUT2D eigenvalue weighted by Gasteiger charge is 2.08. The third kappa shape index (κ3) is 2.29. The van der Waals surface area contributed by atoms with Gasteiger partial charge in [-0.25, -0.2) is 4.98 Å². The van der Waals surface area contributed by atoms with Crippen LogP contribution in [-0.4, -0.2) is 15.3 Å². The summed E-state index contributed by atoms with van der Waals surface area (Å²) in [6, 6.07) is 0. The fraction of sp³-hybridized carbons (Fsp3) is 0.444. The van der Waals surface area contributed by atoms with E-state index in [2.05, 4.69) is 20.9 Å². The summed E-state index contributed by atoms with van der Waals surface area (Å²) in [4.78, 5) is 26.7. The van der Waals surface area contributed by atoms with Gasteiger partial charge < -0.3 is 0 Å². The highest BCUT2D eigenvalue weighted by molar-refractivity contribution is 9.10. The third-order valence-electron chi connectivity index (χ3n) is 1.93. The molecule has 0 fully saturated rings. The van der Waals surface area contributed by atoms with E-state index in [0.29, 0.717) is 16.7 Å². The van der Waals surface area contributed by atoms with Crippen molar-refractivity contribution in [3.8, 4) is 0 Å². The number of aromatic nitrogens is 2. The van der Waals surface area contributed by atoms with Crippen LogP contribution in [0.25, 0.3) is 0 Å². The molecule has 0 unspecified atom stereocenters. The van der Waals surface area contributed by atoms with Crippen LogP contribution < -0.4 is 5.56 Å². The molecule has 0 radical (unpaired) electrons. The van der Waals surface area contributed by atoms with E-state index in [1.807, 2.05) is 0 Å². The predicted octanol–water partition coefficient (Wildman–Crippen LogP) is 1.29. The maximum Gasteiger partial charge on any atom is 0.268 e. The largest absolute Gasteiger partial charge is 0.298 e. The Hall–Kier alpha value is -0.970. The zero-order chi connectivity index (χ0) is 10.7. The van der Waals surface area contributed by atoms with Crippen molar-refractivity contribution in [1.29, 1.82) is 0 Å². The molecule has 0 spiro atoms. The summed E-state index contributed by atoms with van der Waals surface area (Å²) in [7, 11) is 0. The molecule has 1 heterocycles. The second-order valence-electron chi connectivity index (χ2n) is 2.94. The van der Waals surface area contributed by atoms with Crippen molar-refractivity contribution in [2.45, 2.75) is 26.8 Å². The van der Waals surface area contributed by atoms with E-state index in [1.54, 1.807) is 13.8 Å². The van der Waals surface area contributed by atoms with E-state index in [4.69, 9.17) is 0 Å². The molecule has 1 aromatic rings. The molecule has 14 heavy (non-hydrogen) atoms.